The Morgan fingerprint density at radius 2 is 1.83 bits per heavy atom. The largest absolute Gasteiger partial charge is 0.490 e. The average molecular weight is 480 g/mol. The molecule has 0 bridgehead atoms. The van der Waals surface area contributed by atoms with Crippen molar-refractivity contribution >= 4 is 51.5 Å². The molecule has 0 amide bonds. The summed E-state index contributed by atoms with van der Waals surface area (Å²) in [4.78, 5) is 0. The highest BCUT2D eigenvalue weighted by atomic mass is 127. The van der Waals surface area contributed by atoms with Gasteiger partial charge in [0.15, 0.2) is 11.5 Å². The van der Waals surface area contributed by atoms with E-state index >= 15 is 0 Å². The van der Waals surface area contributed by atoms with Gasteiger partial charge in [-0.1, -0.05) is 30.1 Å². The molecule has 0 heterocycles. The molecule has 2 aromatic rings. The monoisotopic (exact) mass is 479 g/mol. The van der Waals surface area contributed by atoms with Crippen LogP contribution in [0, 0.1) is 3.57 Å². The van der Waals surface area contributed by atoms with E-state index in [1.807, 2.05) is 25.1 Å². The van der Waals surface area contributed by atoms with Crippen LogP contribution in [0.25, 0.3) is 0 Å². The molecule has 0 saturated carbocycles. The van der Waals surface area contributed by atoms with Crippen LogP contribution in [0.15, 0.2) is 30.3 Å². The second-order valence-electron chi connectivity index (χ2n) is 5.17. The number of ether oxygens (including phenoxy) is 2. The Hall–Kier alpha value is -0.850. The summed E-state index contributed by atoms with van der Waals surface area (Å²) in [6.07, 6.45) is 0.961. The molecule has 130 valence electrons. The predicted octanol–water partition coefficient (Wildman–Crippen LogP) is 6.40. The van der Waals surface area contributed by atoms with Crippen molar-refractivity contribution in [2.45, 2.75) is 26.8 Å². The van der Waals surface area contributed by atoms with Crippen molar-refractivity contribution in [2.75, 3.05) is 18.5 Å². The Morgan fingerprint density at radius 1 is 1.04 bits per heavy atom. The summed E-state index contributed by atoms with van der Waals surface area (Å²) in [5, 5.41) is 4.43. The average Bonchev–Trinajstić information content (AvgIpc) is 2.55. The molecule has 1 N–H and O–H groups in total. The number of rotatable bonds is 8. The number of nitrogens with one attached hydrogen (secondary N) is 1. The highest BCUT2D eigenvalue weighted by Crippen LogP contribution is 2.35. The number of halogens is 3. The van der Waals surface area contributed by atoms with Gasteiger partial charge in [-0.25, -0.2) is 0 Å². The molecule has 2 rings (SSSR count). The van der Waals surface area contributed by atoms with Gasteiger partial charge in [-0.05, 0) is 71.8 Å². The van der Waals surface area contributed by atoms with Gasteiger partial charge in [-0.3, -0.25) is 0 Å². The molecule has 6 heteroatoms. The van der Waals surface area contributed by atoms with Crippen LogP contribution < -0.4 is 14.8 Å². The number of anilines is 1. The van der Waals surface area contributed by atoms with Gasteiger partial charge >= 0.3 is 0 Å². The number of benzene rings is 2. The first-order chi connectivity index (χ1) is 11.5. The Balaban J connectivity index is 2.16. The molecular formula is C18H20Cl2INO2. The summed E-state index contributed by atoms with van der Waals surface area (Å²) in [6.45, 7) is 5.99. The quantitative estimate of drug-likeness (QED) is 0.444. The Labute approximate surface area is 166 Å². The van der Waals surface area contributed by atoms with Gasteiger partial charge < -0.3 is 14.8 Å². The molecule has 0 atom stereocenters. The minimum Gasteiger partial charge on any atom is -0.490 e. The third kappa shape index (κ3) is 5.33. The smallest absolute Gasteiger partial charge is 0.174 e. The van der Waals surface area contributed by atoms with E-state index in [2.05, 4.69) is 40.9 Å². The minimum atomic E-state index is 0.537. The van der Waals surface area contributed by atoms with Crippen molar-refractivity contribution in [3.8, 4) is 11.5 Å². The molecule has 0 aliphatic rings. The molecule has 0 fully saturated rings. The molecule has 0 spiro atoms. The van der Waals surface area contributed by atoms with Gasteiger partial charge in [-0.15, -0.1) is 0 Å². The first kappa shape index (κ1) is 19.5. The zero-order valence-electron chi connectivity index (χ0n) is 13.7. The standard InChI is InChI=1S/C18H20Cl2INO2/c1-3-7-24-18-16(21)8-12(9-17(18)23-4-2)11-22-13-5-6-14(19)15(20)10-13/h5-6,8-10,22H,3-4,7,11H2,1-2H3. The Bertz CT molecular complexity index is 695. The van der Waals surface area contributed by atoms with Crippen molar-refractivity contribution in [3.05, 3.63) is 49.5 Å². The third-order valence-electron chi connectivity index (χ3n) is 3.24. The molecular weight excluding hydrogens is 460 g/mol. The molecule has 0 radical (unpaired) electrons. The molecule has 0 aliphatic carbocycles. The zero-order chi connectivity index (χ0) is 17.5. The molecule has 0 unspecified atom stereocenters. The van der Waals surface area contributed by atoms with Crippen LogP contribution in [-0.4, -0.2) is 13.2 Å². The Morgan fingerprint density at radius 3 is 2.50 bits per heavy atom. The van der Waals surface area contributed by atoms with Crippen LogP contribution in [-0.2, 0) is 6.54 Å². The molecule has 0 aromatic heterocycles. The van der Waals surface area contributed by atoms with Crippen molar-refractivity contribution < 1.29 is 9.47 Å². The lowest BCUT2D eigenvalue weighted by Gasteiger charge is -2.16. The molecule has 24 heavy (non-hydrogen) atoms. The summed E-state index contributed by atoms with van der Waals surface area (Å²) in [6, 6.07) is 9.61. The maximum Gasteiger partial charge on any atom is 0.174 e. The van der Waals surface area contributed by atoms with Crippen LogP contribution >= 0.6 is 45.8 Å². The van der Waals surface area contributed by atoms with Crippen molar-refractivity contribution in [1.29, 1.82) is 0 Å². The summed E-state index contributed by atoms with van der Waals surface area (Å²) < 4.78 is 12.6. The van der Waals surface area contributed by atoms with Crippen molar-refractivity contribution in [3.63, 3.8) is 0 Å². The van der Waals surface area contributed by atoms with Gasteiger partial charge in [0.05, 0.1) is 26.8 Å². The lowest BCUT2D eigenvalue weighted by atomic mass is 10.2. The van der Waals surface area contributed by atoms with Gasteiger partial charge in [0.2, 0.25) is 0 Å². The maximum atomic E-state index is 6.05. The van der Waals surface area contributed by atoms with Gasteiger partial charge in [0, 0.05) is 12.2 Å². The first-order valence-electron chi connectivity index (χ1n) is 7.82. The fourth-order valence-corrected chi connectivity index (χ4v) is 3.26. The summed E-state index contributed by atoms with van der Waals surface area (Å²) in [7, 11) is 0. The van der Waals surface area contributed by atoms with Crippen molar-refractivity contribution in [1.82, 2.24) is 0 Å². The van der Waals surface area contributed by atoms with E-state index in [0.29, 0.717) is 29.8 Å². The zero-order valence-corrected chi connectivity index (χ0v) is 17.3. The number of hydrogen-bond acceptors (Lipinski definition) is 3. The van der Waals surface area contributed by atoms with E-state index in [1.165, 1.54) is 0 Å². The summed E-state index contributed by atoms with van der Waals surface area (Å²) in [5.41, 5.74) is 2.03. The van der Waals surface area contributed by atoms with Gasteiger partial charge in [-0.2, -0.15) is 0 Å². The van der Waals surface area contributed by atoms with Gasteiger partial charge in [0.25, 0.3) is 0 Å². The van der Waals surface area contributed by atoms with E-state index in [0.717, 1.165) is 32.7 Å². The summed E-state index contributed by atoms with van der Waals surface area (Å²) >= 11 is 14.3. The fraction of sp³-hybridized carbons (Fsp3) is 0.333. The lowest BCUT2D eigenvalue weighted by Crippen LogP contribution is -2.05. The van der Waals surface area contributed by atoms with Crippen LogP contribution in [0.2, 0.25) is 10.0 Å². The second-order valence-corrected chi connectivity index (χ2v) is 7.15. The maximum absolute atomic E-state index is 6.05. The van der Waals surface area contributed by atoms with Crippen LogP contribution in [0.3, 0.4) is 0 Å². The summed E-state index contributed by atoms with van der Waals surface area (Å²) in [5.74, 6) is 1.60. The second kappa shape index (κ2) is 9.59. The van der Waals surface area contributed by atoms with Crippen molar-refractivity contribution in [2.24, 2.45) is 0 Å². The normalized spacial score (nSPS) is 10.5. The van der Waals surface area contributed by atoms with E-state index < -0.39 is 0 Å². The van der Waals surface area contributed by atoms with E-state index in [4.69, 9.17) is 32.7 Å². The highest BCUT2D eigenvalue weighted by Gasteiger charge is 2.12. The minimum absolute atomic E-state index is 0.537. The Kier molecular flexibility index (Phi) is 7.78. The first-order valence-corrected chi connectivity index (χ1v) is 9.65. The SMILES string of the molecule is CCCOc1c(I)cc(CNc2ccc(Cl)c(Cl)c2)cc1OCC. The van der Waals surface area contributed by atoms with Crippen LogP contribution in [0.1, 0.15) is 25.8 Å². The predicted molar refractivity (Wildman–Crippen MR) is 110 cm³/mol. The molecule has 2 aromatic carbocycles. The van der Waals surface area contributed by atoms with E-state index in [9.17, 15) is 0 Å². The topological polar surface area (TPSA) is 30.5 Å². The molecule has 0 saturated heterocycles. The van der Waals surface area contributed by atoms with Crippen LogP contribution in [0.5, 0.6) is 11.5 Å². The highest BCUT2D eigenvalue weighted by molar-refractivity contribution is 14.1. The molecule has 0 aliphatic heterocycles. The van der Waals surface area contributed by atoms with Gasteiger partial charge in [0.1, 0.15) is 0 Å². The number of hydrogen-bond donors (Lipinski definition) is 1. The van der Waals surface area contributed by atoms with Crippen LogP contribution in [0.4, 0.5) is 5.69 Å². The lowest BCUT2D eigenvalue weighted by molar-refractivity contribution is 0.275. The molecule has 3 nitrogen and oxygen atoms in total. The fourth-order valence-electron chi connectivity index (χ4n) is 2.14. The third-order valence-corrected chi connectivity index (χ3v) is 4.78. The van der Waals surface area contributed by atoms with E-state index in [-0.39, 0.29) is 0 Å². The van der Waals surface area contributed by atoms with E-state index in [1.54, 1.807) is 6.07 Å².